The third-order valence-corrected chi connectivity index (χ3v) is 7.09. The molecule has 0 spiro atoms. The lowest BCUT2D eigenvalue weighted by molar-refractivity contribution is 0.0363. The zero-order valence-corrected chi connectivity index (χ0v) is 21.1. The number of hydrogen-bond acceptors (Lipinski definition) is 9. The maximum absolute atomic E-state index is 13.2. The molecule has 2 aliphatic heterocycles. The molecule has 1 atom stereocenters. The van der Waals surface area contributed by atoms with Gasteiger partial charge in [-0.1, -0.05) is 6.92 Å². The molecule has 2 aliphatic rings. The predicted octanol–water partition coefficient (Wildman–Crippen LogP) is 2.24. The van der Waals surface area contributed by atoms with Gasteiger partial charge in [0.15, 0.2) is 0 Å². The van der Waals surface area contributed by atoms with Crippen LogP contribution in [0.2, 0.25) is 0 Å². The Kier molecular flexibility index (Phi) is 6.93. The molecule has 3 aromatic rings. The van der Waals surface area contributed by atoms with E-state index in [1.165, 1.54) is 0 Å². The number of nitrogens with zero attached hydrogens (tertiary/aromatic N) is 5. The van der Waals surface area contributed by atoms with E-state index < -0.39 is 5.41 Å². The van der Waals surface area contributed by atoms with Crippen molar-refractivity contribution >= 4 is 17.3 Å². The van der Waals surface area contributed by atoms with Crippen LogP contribution in [-0.4, -0.2) is 70.5 Å². The van der Waals surface area contributed by atoms with E-state index in [0.29, 0.717) is 36.0 Å². The Balaban J connectivity index is 1.41. The van der Waals surface area contributed by atoms with Crippen molar-refractivity contribution in [2.45, 2.75) is 25.8 Å². The second-order valence-electron chi connectivity index (χ2n) is 9.90. The van der Waals surface area contributed by atoms with Crippen LogP contribution >= 0.6 is 0 Å². The van der Waals surface area contributed by atoms with E-state index >= 15 is 0 Å². The standard InChI is InChI=1S/C27H31N7O3/c1-18-11-23(25(36)34(15-18)6-5-33-7-9-37-10-8-33)32-26-29-4-3-22(31-26)19-12-20(14-28)24-21(13-19)27(2,17-35)16-30-24/h3-4,11-13,15,30,35H,5-10,16-17H2,1-2H3,(H,29,31,32). The van der Waals surface area contributed by atoms with Crippen molar-refractivity contribution in [3.63, 3.8) is 0 Å². The van der Waals surface area contributed by atoms with Crippen LogP contribution in [0.4, 0.5) is 17.3 Å². The topological polar surface area (TPSA) is 128 Å². The van der Waals surface area contributed by atoms with Crippen molar-refractivity contribution < 1.29 is 9.84 Å². The molecule has 2 aromatic heterocycles. The van der Waals surface area contributed by atoms with Gasteiger partial charge in [-0.15, -0.1) is 0 Å². The molecule has 0 bridgehead atoms. The highest BCUT2D eigenvalue weighted by atomic mass is 16.5. The molecule has 1 saturated heterocycles. The number of hydrogen-bond donors (Lipinski definition) is 3. The monoisotopic (exact) mass is 501 g/mol. The molecule has 5 rings (SSSR count). The SMILES string of the molecule is Cc1cc(Nc2nccc(-c3cc(C#N)c4c(c3)C(C)(CO)CN4)n2)c(=O)n(CCN2CCOCC2)c1. The first-order valence-corrected chi connectivity index (χ1v) is 12.5. The molecule has 0 saturated carbocycles. The molecule has 4 heterocycles. The third-order valence-electron chi connectivity index (χ3n) is 7.09. The first kappa shape index (κ1) is 24.9. The van der Waals surface area contributed by atoms with Crippen molar-refractivity contribution in [1.82, 2.24) is 19.4 Å². The van der Waals surface area contributed by atoms with Crippen molar-refractivity contribution in [1.29, 1.82) is 5.26 Å². The van der Waals surface area contributed by atoms with Gasteiger partial charge in [-0.3, -0.25) is 9.69 Å². The van der Waals surface area contributed by atoms with Gasteiger partial charge in [0.05, 0.1) is 36.8 Å². The number of aryl methyl sites for hydroxylation is 1. The van der Waals surface area contributed by atoms with Gasteiger partial charge in [-0.05, 0) is 42.3 Å². The number of aliphatic hydroxyl groups is 1. The lowest BCUT2D eigenvalue weighted by Crippen LogP contribution is -2.39. The summed E-state index contributed by atoms with van der Waals surface area (Å²) >= 11 is 0. The van der Waals surface area contributed by atoms with E-state index in [-0.39, 0.29) is 12.2 Å². The van der Waals surface area contributed by atoms with Crippen molar-refractivity contribution in [2.24, 2.45) is 0 Å². The van der Waals surface area contributed by atoms with Gasteiger partial charge in [-0.2, -0.15) is 5.26 Å². The fourth-order valence-corrected chi connectivity index (χ4v) is 4.88. The highest BCUT2D eigenvalue weighted by Gasteiger charge is 2.36. The Bertz CT molecular complexity index is 1410. The van der Waals surface area contributed by atoms with Gasteiger partial charge < -0.3 is 25.0 Å². The van der Waals surface area contributed by atoms with Gasteiger partial charge in [-0.25, -0.2) is 9.97 Å². The fraction of sp³-hybridized carbons (Fsp3) is 0.407. The maximum Gasteiger partial charge on any atom is 0.274 e. The number of aliphatic hydroxyl groups excluding tert-OH is 1. The quantitative estimate of drug-likeness (QED) is 0.446. The first-order chi connectivity index (χ1) is 17.9. The van der Waals surface area contributed by atoms with Crippen LogP contribution in [0.5, 0.6) is 0 Å². The number of nitrogens with one attached hydrogen (secondary N) is 2. The second-order valence-corrected chi connectivity index (χ2v) is 9.90. The lowest BCUT2D eigenvalue weighted by atomic mass is 9.83. The molecule has 192 valence electrons. The van der Waals surface area contributed by atoms with E-state index in [1.807, 2.05) is 26.1 Å². The molecular formula is C27H31N7O3. The van der Waals surface area contributed by atoms with Gasteiger partial charge in [0.25, 0.3) is 5.56 Å². The smallest absolute Gasteiger partial charge is 0.274 e. The average molecular weight is 502 g/mol. The van der Waals surface area contributed by atoms with E-state index in [2.05, 4.69) is 31.6 Å². The van der Waals surface area contributed by atoms with Gasteiger partial charge >= 0.3 is 0 Å². The number of morpholine rings is 1. The Morgan fingerprint density at radius 3 is 2.84 bits per heavy atom. The maximum atomic E-state index is 13.2. The van der Waals surface area contributed by atoms with Crippen molar-refractivity contribution in [3.8, 4) is 17.3 Å². The first-order valence-electron chi connectivity index (χ1n) is 12.5. The van der Waals surface area contributed by atoms with E-state index in [0.717, 1.165) is 55.2 Å². The third kappa shape index (κ3) is 5.06. The minimum absolute atomic E-state index is 0.0386. The molecule has 0 amide bonds. The highest BCUT2D eigenvalue weighted by Crippen LogP contribution is 2.41. The Hall–Kier alpha value is -3.78. The molecule has 1 fully saturated rings. The van der Waals surface area contributed by atoms with E-state index in [9.17, 15) is 15.2 Å². The summed E-state index contributed by atoms with van der Waals surface area (Å²) in [6.45, 7) is 8.98. The summed E-state index contributed by atoms with van der Waals surface area (Å²) in [5, 5.41) is 26.1. The van der Waals surface area contributed by atoms with E-state index in [4.69, 9.17) is 4.74 Å². The number of rotatable bonds is 7. The second kappa shape index (κ2) is 10.3. The van der Waals surface area contributed by atoms with Crippen molar-refractivity contribution in [2.75, 3.05) is 56.6 Å². The van der Waals surface area contributed by atoms with Gasteiger partial charge in [0.2, 0.25) is 5.95 Å². The van der Waals surface area contributed by atoms with Crippen LogP contribution in [0.15, 0.2) is 41.5 Å². The number of benzene rings is 1. The van der Waals surface area contributed by atoms with Crippen LogP contribution in [0.1, 0.15) is 23.6 Å². The largest absolute Gasteiger partial charge is 0.395 e. The van der Waals surface area contributed by atoms with E-state index in [1.54, 1.807) is 29.0 Å². The lowest BCUT2D eigenvalue weighted by Gasteiger charge is -2.26. The summed E-state index contributed by atoms with van der Waals surface area (Å²) in [6, 6.07) is 9.56. The summed E-state index contributed by atoms with van der Waals surface area (Å²) in [5.74, 6) is 0.294. The Labute approximate surface area is 215 Å². The van der Waals surface area contributed by atoms with Crippen LogP contribution in [0.25, 0.3) is 11.3 Å². The minimum atomic E-state index is -0.487. The molecule has 1 unspecified atom stereocenters. The van der Waals surface area contributed by atoms with Gasteiger partial charge in [0, 0.05) is 56.1 Å². The Morgan fingerprint density at radius 1 is 1.27 bits per heavy atom. The number of aromatic nitrogens is 3. The van der Waals surface area contributed by atoms with Crippen LogP contribution in [0, 0.1) is 18.3 Å². The molecule has 0 aliphatic carbocycles. The molecular weight excluding hydrogens is 470 g/mol. The summed E-state index contributed by atoms with van der Waals surface area (Å²) in [4.78, 5) is 24.5. The van der Waals surface area contributed by atoms with Gasteiger partial charge in [0.1, 0.15) is 11.8 Å². The fourth-order valence-electron chi connectivity index (χ4n) is 4.88. The number of anilines is 3. The normalized spacial score (nSPS) is 19.2. The summed E-state index contributed by atoms with van der Waals surface area (Å²) in [6.07, 6.45) is 3.49. The van der Waals surface area contributed by atoms with Crippen LogP contribution in [-0.2, 0) is 16.7 Å². The molecule has 3 N–H and O–H groups in total. The molecule has 10 heteroatoms. The summed E-state index contributed by atoms with van der Waals surface area (Å²) < 4.78 is 7.13. The zero-order chi connectivity index (χ0) is 26.0. The molecule has 1 aromatic carbocycles. The number of pyridine rings is 1. The number of ether oxygens (including phenoxy) is 1. The average Bonchev–Trinajstić information content (AvgIpc) is 3.27. The van der Waals surface area contributed by atoms with Crippen molar-refractivity contribution in [3.05, 3.63) is 63.7 Å². The zero-order valence-electron chi connectivity index (χ0n) is 21.1. The Morgan fingerprint density at radius 2 is 2.08 bits per heavy atom. The summed E-state index contributed by atoms with van der Waals surface area (Å²) in [5.41, 5.74) is 4.24. The van der Waals surface area contributed by atoms with Crippen LogP contribution < -0.4 is 16.2 Å². The minimum Gasteiger partial charge on any atom is -0.395 e. The van der Waals surface area contributed by atoms with Crippen LogP contribution in [0.3, 0.4) is 0 Å². The molecule has 0 radical (unpaired) electrons. The molecule has 37 heavy (non-hydrogen) atoms. The summed E-state index contributed by atoms with van der Waals surface area (Å²) in [7, 11) is 0. The highest BCUT2D eigenvalue weighted by molar-refractivity contribution is 5.76. The molecule has 10 nitrogen and oxygen atoms in total. The predicted molar refractivity (Wildman–Crippen MR) is 141 cm³/mol. The number of nitriles is 1. The number of fused-ring (bicyclic) bond motifs is 1.